The van der Waals surface area contributed by atoms with Crippen molar-refractivity contribution in [2.24, 2.45) is 5.92 Å². The van der Waals surface area contributed by atoms with Gasteiger partial charge in [0, 0.05) is 23.4 Å². The van der Waals surface area contributed by atoms with Crippen LogP contribution in [0, 0.1) is 12.8 Å². The Bertz CT molecular complexity index is 752. The van der Waals surface area contributed by atoms with Crippen LogP contribution in [0.15, 0.2) is 42.6 Å². The smallest absolute Gasteiger partial charge is 0.256 e. The number of nitrogens with one attached hydrogen (secondary N) is 2. The molecule has 0 radical (unpaired) electrons. The standard InChI is InChI=1S/C19H21N3O2/c1-13-9-10-20-17(11-13)22-19(24)15-7-4-8-16(12-15)21-18(23)14-5-2-3-6-14/h4,7-12,14H,2-3,5-6H2,1H3,(H,21,23)(H,20,22,24). The Morgan fingerprint density at radius 3 is 2.62 bits per heavy atom. The molecule has 2 aromatic rings. The predicted molar refractivity (Wildman–Crippen MR) is 94.0 cm³/mol. The summed E-state index contributed by atoms with van der Waals surface area (Å²) >= 11 is 0. The molecule has 1 heterocycles. The van der Waals surface area contributed by atoms with E-state index in [9.17, 15) is 9.59 Å². The fraction of sp³-hybridized carbons (Fsp3) is 0.316. The molecule has 3 rings (SSSR count). The Morgan fingerprint density at radius 1 is 1.08 bits per heavy atom. The van der Waals surface area contributed by atoms with Gasteiger partial charge >= 0.3 is 0 Å². The fourth-order valence-electron chi connectivity index (χ4n) is 2.96. The van der Waals surface area contributed by atoms with Gasteiger partial charge in [-0.3, -0.25) is 9.59 Å². The van der Waals surface area contributed by atoms with E-state index < -0.39 is 0 Å². The van der Waals surface area contributed by atoms with Crippen LogP contribution >= 0.6 is 0 Å². The zero-order valence-corrected chi connectivity index (χ0v) is 13.7. The zero-order chi connectivity index (χ0) is 16.9. The molecule has 0 saturated heterocycles. The van der Waals surface area contributed by atoms with Crippen LogP contribution in [0.1, 0.15) is 41.6 Å². The van der Waals surface area contributed by atoms with Crippen molar-refractivity contribution < 1.29 is 9.59 Å². The number of carbonyl (C=O) groups is 2. The van der Waals surface area contributed by atoms with Crippen LogP contribution in [0.3, 0.4) is 0 Å². The van der Waals surface area contributed by atoms with Gasteiger partial charge in [-0.1, -0.05) is 18.9 Å². The van der Waals surface area contributed by atoms with E-state index in [0.717, 1.165) is 31.2 Å². The minimum Gasteiger partial charge on any atom is -0.326 e. The molecule has 5 nitrogen and oxygen atoms in total. The second-order valence-electron chi connectivity index (χ2n) is 6.22. The van der Waals surface area contributed by atoms with E-state index in [2.05, 4.69) is 15.6 Å². The maximum absolute atomic E-state index is 12.4. The summed E-state index contributed by atoms with van der Waals surface area (Å²) in [5.74, 6) is 0.412. The van der Waals surface area contributed by atoms with Gasteiger partial charge in [-0.2, -0.15) is 0 Å². The molecule has 1 fully saturated rings. The third-order valence-electron chi connectivity index (χ3n) is 4.28. The molecule has 0 spiro atoms. The van der Waals surface area contributed by atoms with Gasteiger partial charge in [-0.05, 0) is 55.7 Å². The van der Waals surface area contributed by atoms with Crippen molar-refractivity contribution in [3.63, 3.8) is 0 Å². The van der Waals surface area contributed by atoms with Crippen LogP contribution < -0.4 is 10.6 Å². The van der Waals surface area contributed by atoms with Crippen molar-refractivity contribution in [1.29, 1.82) is 0 Å². The van der Waals surface area contributed by atoms with Crippen molar-refractivity contribution in [3.05, 3.63) is 53.7 Å². The van der Waals surface area contributed by atoms with Crippen molar-refractivity contribution in [2.75, 3.05) is 10.6 Å². The predicted octanol–water partition coefficient (Wildman–Crippen LogP) is 3.77. The number of pyridine rings is 1. The van der Waals surface area contributed by atoms with Crippen LogP contribution in [-0.4, -0.2) is 16.8 Å². The van der Waals surface area contributed by atoms with Crippen LogP contribution in [0.5, 0.6) is 0 Å². The minimum atomic E-state index is -0.245. The van der Waals surface area contributed by atoms with Gasteiger partial charge in [0.25, 0.3) is 5.91 Å². The van der Waals surface area contributed by atoms with Crippen LogP contribution in [0.25, 0.3) is 0 Å². The van der Waals surface area contributed by atoms with Crippen LogP contribution in [0.2, 0.25) is 0 Å². The average Bonchev–Trinajstić information content (AvgIpc) is 3.10. The summed E-state index contributed by atoms with van der Waals surface area (Å²) in [5, 5.41) is 5.69. The van der Waals surface area contributed by atoms with Gasteiger partial charge in [-0.15, -0.1) is 0 Å². The van der Waals surface area contributed by atoms with E-state index >= 15 is 0 Å². The molecule has 1 aliphatic rings. The summed E-state index contributed by atoms with van der Waals surface area (Å²) in [5.41, 5.74) is 2.16. The summed E-state index contributed by atoms with van der Waals surface area (Å²) < 4.78 is 0. The molecule has 1 saturated carbocycles. The summed E-state index contributed by atoms with van der Waals surface area (Å²) in [4.78, 5) is 28.7. The molecule has 124 valence electrons. The van der Waals surface area contributed by atoms with Gasteiger partial charge in [-0.25, -0.2) is 4.98 Å². The Hall–Kier alpha value is -2.69. The molecule has 24 heavy (non-hydrogen) atoms. The highest BCUT2D eigenvalue weighted by atomic mass is 16.2. The lowest BCUT2D eigenvalue weighted by Gasteiger charge is -2.11. The van der Waals surface area contributed by atoms with Crippen LogP contribution in [-0.2, 0) is 4.79 Å². The van der Waals surface area contributed by atoms with Gasteiger partial charge < -0.3 is 10.6 Å². The number of amides is 2. The number of anilines is 2. The average molecular weight is 323 g/mol. The van der Waals surface area contributed by atoms with Gasteiger partial charge in [0.05, 0.1) is 0 Å². The maximum atomic E-state index is 12.4. The second kappa shape index (κ2) is 7.25. The molecular formula is C19H21N3O2. The first-order chi connectivity index (χ1) is 11.6. The summed E-state index contributed by atoms with van der Waals surface area (Å²) in [6.45, 7) is 1.94. The van der Waals surface area contributed by atoms with E-state index in [-0.39, 0.29) is 17.7 Å². The molecule has 1 aromatic heterocycles. The number of rotatable bonds is 4. The molecule has 0 bridgehead atoms. The van der Waals surface area contributed by atoms with E-state index in [1.165, 1.54) is 0 Å². The number of benzene rings is 1. The molecule has 0 atom stereocenters. The third kappa shape index (κ3) is 3.98. The van der Waals surface area contributed by atoms with Gasteiger partial charge in [0.1, 0.15) is 5.82 Å². The Labute approximate surface area is 141 Å². The largest absolute Gasteiger partial charge is 0.326 e. The molecule has 2 amide bonds. The molecule has 5 heteroatoms. The highest BCUT2D eigenvalue weighted by Crippen LogP contribution is 2.26. The lowest BCUT2D eigenvalue weighted by molar-refractivity contribution is -0.119. The number of carbonyl (C=O) groups excluding carboxylic acids is 2. The normalized spacial score (nSPS) is 14.4. The van der Waals surface area contributed by atoms with Gasteiger partial charge in [0.2, 0.25) is 5.91 Å². The summed E-state index contributed by atoms with van der Waals surface area (Å²) in [6.07, 6.45) is 5.79. The van der Waals surface area contributed by atoms with Crippen LogP contribution in [0.4, 0.5) is 11.5 Å². The fourth-order valence-corrected chi connectivity index (χ4v) is 2.96. The Morgan fingerprint density at radius 2 is 1.88 bits per heavy atom. The number of aromatic nitrogens is 1. The number of hydrogen-bond donors (Lipinski definition) is 2. The molecule has 0 aliphatic heterocycles. The molecule has 1 aliphatic carbocycles. The third-order valence-corrected chi connectivity index (χ3v) is 4.28. The number of nitrogens with zero attached hydrogens (tertiary/aromatic N) is 1. The van der Waals surface area contributed by atoms with E-state index in [4.69, 9.17) is 0 Å². The highest BCUT2D eigenvalue weighted by molar-refractivity contribution is 6.05. The molecule has 1 aromatic carbocycles. The molecule has 0 unspecified atom stereocenters. The number of hydrogen-bond acceptors (Lipinski definition) is 3. The van der Waals surface area contributed by atoms with Crippen molar-refractivity contribution in [3.8, 4) is 0 Å². The summed E-state index contributed by atoms with van der Waals surface area (Å²) in [7, 11) is 0. The van der Waals surface area contributed by atoms with Crippen molar-refractivity contribution in [1.82, 2.24) is 4.98 Å². The summed E-state index contributed by atoms with van der Waals surface area (Å²) in [6, 6.07) is 10.7. The topological polar surface area (TPSA) is 71.1 Å². The second-order valence-corrected chi connectivity index (χ2v) is 6.22. The van der Waals surface area contributed by atoms with Crippen molar-refractivity contribution >= 4 is 23.3 Å². The first kappa shape index (κ1) is 16.2. The van der Waals surface area contributed by atoms with E-state index in [1.54, 1.807) is 30.5 Å². The number of aryl methyl sites for hydroxylation is 1. The van der Waals surface area contributed by atoms with Crippen molar-refractivity contribution in [2.45, 2.75) is 32.6 Å². The van der Waals surface area contributed by atoms with E-state index in [0.29, 0.717) is 17.1 Å². The lowest BCUT2D eigenvalue weighted by Crippen LogP contribution is -2.20. The quantitative estimate of drug-likeness (QED) is 0.899. The Kier molecular flexibility index (Phi) is 4.89. The lowest BCUT2D eigenvalue weighted by atomic mass is 10.1. The highest BCUT2D eigenvalue weighted by Gasteiger charge is 2.22. The maximum Gasteiger partial charge on any atom is 0.256 e. The van der Waals surface area contributed by atoms with Gasteiger partial charge in [0.15, 0.2) is 0 Å². The first-order valence-corrected chi connectivity index (χ1v) is 8.27. The monoisotopic (exact) mass is 323 g/mol. The first-order valence-electron chi connectivity index (χ1n) is 8.27. The van der Waals surface area contributed by atoms with E-state index in [1.807, 2.05) is 19.1 Å². The molecular weight excluding hydrogens is 302 g/mol. The zero-order valence-electron chi connectivity index (χ0n) is 13.7. The minimum absolute atomic E-state index is 0.0467. The Balaban J connectivity index is 1.67. The molecule has 2 N–H and O–H groups in total. The SMILES string of the molecule is Cc1ccnc(NC(=O)c2cccc(NC(=O)C3CCCC3)c2)c1.